The van der Waals surface area contributed by atoms with Gasteiger partial charge in [0.1, 0.15) is 17.4 Å². The van der Waals surface area contributed by atoms with Crippen LogP contribution in [0.15, 0.2) is 16.6 Å². The number of benzene rings is 1. The van der Waals surface area contributed by atoms with E-state index in [4.69, 9.17) is 4.74 Å². The smallest absolute Gasteiger partial charge is 0.417 e. The van der Waals surface area contributed by atoms with Crippen LogP contribution in [0.4, 0.5) is 18.0 Å². The highest BCUT2D eigenvalue weighted by Crippen LogP contribution is 2.41. The summed E-state index contributed by atoms with van der Waals surface area (Å²) >= 11 is 2.70. The lowest BCUT2D eigenvalue weighted by Gasteiger charge is -2.23. The van der Waals surface area contributed by atoms with E-state index >= 15 is 0 Å². The van der Waals surface area contributed by atoms with Gasteiger partial charge in [0.15, 0.2) is 0 Å². The predicted octanol–water partition coefficient (Wildman–Crippen LogP) is 3.78. The number of hydrogen-bond acceptors (Lipinski definition) is 5. The van der Waals surface area contributed by atoms with Gasteiger partial charge in [-0.15, -0.1) is 0 Å². The van der Waals surface area contributed by atoms with Gasteiger partial charge in [0, 0.05) is 6.42 Å². The normalized spacial score (nSPS) is 13.1. The Morgan fingerprint density at radius 2 is 1.85 bits per heavy atom. The summed E-state index contributed by atoms with van der Waals surface area (Å²) in [5.41, 5.74) is -1.87. The van der Waals surface area contributed by atoms with E-state index in [-0.39, 0.29) is 12.0 Å². The summed E-state index contributed by atoms with van der Waals surface area (Å²) < 4.78 is 47.6. The Bertz CT molecular complexity index is 686. The van der Waals surface area contributed by atoms with E-state index in [1.54, 1.807) is 20.8 Å². The average molecular weight is 442 g/mol. The number of phenols is 1. The summed E-state index contributed by atoms with van der Waals surface area (Å²) in [6.45, 7) is 4.87. The summed E-state index contributed by atoms with van der Waals surface area (Å²) in [4.78, 5) is 23.7. The number of methoxy groups -OCH3 is 1. The van der Waals surface area contributed by atoms with Crippen molar-refractivity contribution in [2.75, 3.05) is 7.11 Å². The first-order valence-corrected chi connectivity index (χ1v) is 8.20. The minimum absolute atomic E-state index is 0.0105. The number of esters is 1. The van der Waals surface area contributed by atoms with Gasteiger partial charge in [0.2, 0.25) is 0 Å². The van der Waals surface area contributed by atoms with Crippen molar-refractivity contribution in [2.45, 2.75) is 45.0 Å². The minimum Gasteiger partial charge on any atom is -0.506 e. The second-order valence-corrected chi connectivity index (χ2v) is 7.15. The number of alkyl halides is 3. The molecular weight excluding hydrogens is 423 g/mol. The second kappa shape index (κ2) is 8.15. The van der Waals surface area contributed by atoms with Gasteiger partial charge >= 0.3 is 18.2 Å². The van der Waals surface area contributed by atoms with Gasteiger partial charge in [-0.1, -0.05) is 6.07 Å². The molecule has 146 valence electrons. The zero-order valence-electron chi connectivity index (χ0n) is 14.5. The molecule has 0 aliphatic rings. The highest BCUT2D eigenvalue weighted by atomic mass is 79.9. The molecule has 0 aromatic heterocycles. The summed E-state index contributed by atoms with van der Waals surface area (Å²) in [6.07, 6.45) is -5.86. The van der Waals surface area contributed by atoms with Crippen molar-refractivity contribution in [1.29, 1.82) is 0 Å². The molecule has 1 aromatic rings. The van der Waals surface area contributed by atoms with Gasteiger partial charge < -0.3 is 19.9 Å². The molecule has 10 heteroatoms. The zero-order chi connectivity index (χ0) is 20.3. The number of ether oxygens (including phenoxy) is 2. The number of hydrogen-bond donors (Lipinski definition) is 2. The number of aromatic hydroxyl groups is 1. The number of amides is 1. The molecule has 6 nitrogen and oxygen atoms in total. The van der Waals surface area contributed by atoms with Crippen LogP contribution < -0.4 is 5.32 Å². The topological polar surface area (TPSA) is 84.9 Å². The van der Waals surface area contributed by atoms with E-state index in [9.17, 15) is 27.9 Å². The van der Waals surface area contributed by atoms with Gasteiger partial charge in [-0.2, -0.15) is 13.2 Å². The SMILES string of the molecule is COC(=O)[C@H](Cc1ccc(C(F)(F)F)c(Br)c1O)NC(=O)OC(C)(C)C. The lowest BCUT2D eigenvalue weighted by molar-refractivity contribution is -0.143. The third-order valence-corrected chi connectivity index (χ3v) is 3.91. The summed E-state index contributed by atoms with van der Waals surface area (Å²) in [7, 11) is 1.09. The summed E-state index contributed by atoms with van der Waals surface area (Å²) in [5.74, 6) is -1.52. The Hall–Kier alpha value is -1.97. The molecule has 0 unspecified atom stereocenters. The Morgan fingerprint density at radius 1 is 1.27 bits per heavy atom. The Labute approximate surface area is 156 Å². The van der Waals surface area contributed by atoms with Crippen LogP contribution in [0.3, 0.4) is 0 Å². The third-order valence-electron chi connectivity index (χ3n) is 3.11. The van der Waals surface area contributed by atoms with Crippen molar-refractivity contribution in [3.63, 3.8) is 0 Å². The maximum Gasteiger partial charge on any atom is 0.417 e. The molecule has 1 rings (SSSR count). The molecule has 26 heavy (non-hydrogen) atoms. The molecule has 0 aliphatic heterocycles. The van der Waals surface area contributed by atoms with E-state index in [1.165, 1.54) is 0 Å². The zero-order valence-corrected chi connectivity index (χ0v) is 16.1. The number of rotatable bonds is 4. The predicted molar refractivity (Wildman–Crippen MR) is 89.7 cm³/mol. The Balaban J connectivity index is 3.08. The molecular formula is C16H19BrF3NO5. The van der Waals surface area contributed by atoms with Crippen molar-refractivity contribution in [1.82, 2.24) is 5.32 Å². The number of carbonyl (C=O) groups excluding carboxylic acids is 2. The highest BCUT2D eigenvalue weighted by molar-refractivity contribution is 9.10. The molecule has 1 amide bonds. The average Bonchev–Trinajstić information content (AvgIpc) is 2.47. The van der Waals surface area contributed by atoms with Crippen LogP contribution in [0.2, 0.25) is 0 Å². The first-order chi connectivity index (χ1) is 11.8. The lowest BCUT2D eigenvalue weighted by Crippen LogP contribution is -2.45. The van der Waals surface area contributed by atoms with Gasteiger partial charge in [-0.25, -0.2) is 9.59 Å². The largest absolute Gasteiger partial charge is 0.506 e. The molecule has 0 radical (unpaired) electrons. The van der Waals surface area contributed by atoms with Gasteiger partial charge in [0.25, 0.3) is 0 Å². The molecule has 0 saturated carbocycles. The minimum atomic E-state index is -4.66. The monoisotopic (exact) mass is 441 g/mol. The standard InChI is InChI=1S/C16H19BrF3NO5/c1-15(2,3)26-14(24)21-10(13(23)25-4)7-8-5-6-9(16(18,19)20)11(17)12(8)22/h5-6,10,22H,7H2,1-4H3,(H,21,24)/t10-/m0/s1. The molecule has 0 spiro atoms. The van der Waals surface area contributed by atoms with E-state index < -0.39 is 45.7 Å². The fourth-order valence-corrected chi connectivity index (χ4v) is 2.61. The van der Waals surface area contributed by atoms with Crippen LogP contribution in [-0.4, -0.2) is 35.9 Å². The van der Waals surface area contributed by atoms with E-state index in [1.807, 2.05) is 0 Å². The van der Waals surface area contributed by atoms with Crippen molar-refractivity contribution in [2.24, 2.45) is 0 Å². The van der Waals surface area contributed by atoms with Crippen LogP contribution in [0, 0.1) is 0 Å². The van der Waals surface area contributed by atoms with Crippen molar-refractivity contribution in [3.8, 4) is 5.75 Å². The van der Waals surface area contributed by atoms with Crippen LogP contribution in [-0.2, 0) is 26.9 Å². The van der Waals surface area contributed by atoms with Crippen molar-refractivity contribution < 1.29 is 37.3 Å². The van der Waals surface area contributed by atoms with Crippen LogP contribution in [0.1, 0.15) is 31.9 Å². The van der Waals surface area contributed by atoms with Gasteiger partial charge in [-0.05, 0) is 48.3 Å². The Morgan fingerprint density at radius 3 is 2.31 bits per heavy atom. The summed E-state index contributed by atoms with van der Waals surface area (Å²) in [6, 6.07) is 0.528. The Kier molecular flexibility index (Phi) is 6.92. The lowest BCUT2D eigenvalue weighted by atomic mass is 10.0. The van der Waals surface area contributed by atoms with Gasteiger partial charge in [-0.3, -0.25) is 0 Å². The number of halogens is 4. The first kappa shape index (κ1) is 22.1. The van der Waals surface area contributed by atoms with Gasteiger partial charge in [0.05, 0.1) is 17.1 Å². The molecule has 0 fully saturated rings. The number of carbonyl (C=O) groups is 2. The van der Waals surface area contributed by atoms with Crippen LogP contribution in [0.5, 0.6) is 5.75 Å². The van der Waals surface area contributed by atoms with E-state index in [0.717, 1.165) is 19.2 Å². The molecule has 0 saturated heterocycles. The maximum absolute atomic E-state index is 12.8. The van der Waals surface area contributed by atoms with Crippen LogP contribution >= 0.6 is 15.9 Å². The van der Waals surface area contributed by atoms with E-state index in [0.29, 0.717) is 0 Å². The number of alkyl carbamates (subject to hydrolysis) is 1. The number of phenolic OH excluding ortho intramolecular Hbond substituents is 1. The van der Waals surface area contributed by atoms with Crippen molar-refractivity contribution >= 4 is 28.0 Å². The second-order valence-electron chi connectivity index (χ2n) is 6.36. The highest BCUT2D eigenvalue weighted by Gasteiger charge is 2.35. The van der Waals surface area contributed by atoms with Crippen molar-refractivity contribution in [3.05, 3.63) is 27.7 Å². The quantitative estimate of drug-likeness (QED) is 0.694. The molecule has 1 aromatic carbocycles. The molecule has 0 bridgehead atoms. The van der Waals surface area contributed by atoms with Crippen LogP contribution in [0.25, 0.3) is 0 Å². The fourth-order valence-electron chi connectivity index (χ4n) is 1.99. The summed E-state index contributed by atoms with van der Waals surface area (Å²) in [5, 5.41) is 12.3. The molecule has 0 aliphatic carbocycles. The molecule has 1 atom stereocenters. The first-order valence-electron chi connectivity index (χ1n) is 7.41. The molecule has 0 heterocycles. The fraction of sp³-hybridized carbons (Fsp3) is 0.500. The maximum atomic E-state index is 12.8. The van der Waals surface area contributed by atoms with E-state index in [2.05, 4.69) is 26.0 Å². The number of nitrogens with one attached hydrogen (secondary N) is 1. The third kappa shape index (κ3) is 6.08. The molecule has 2 N–H and O–H groups in total.